The van der Waals surface area contributed by atoms with Crippen LogP contribution >= 0.6 is 0 Å². The number of rotatable bonds is 6. The summed E-state index contributed by atoms with van der Waals surface area (Å²) < 4.78 is 10.1. The molecule has 0 atom stereocenters. The summed E-state index contributed by atoms with van der Waals surface area (Å²) in [5, 5.41) is 9.09. The largest absolute Gasteiger partial charge is 0.457 e. The van der Waals surface area contributed by atoms with Crippen molar-refractivity contribution in [3.63, 3.8) is 0 Å². The van der Waals surface area contributed by atoms with Crippen LogP contribution in [0.25, 0.3) is 33.9 Å². The van der Waals surface area contributed by atoms with Crippen LogP contribution in [0.2, 0.25) is 0 Å². The summed E-state index contributed by atoms with van der Waals surface area (Å²) in [6, 6.07) is 40.4. The molecule has 0 bridgehead atoms. The number of benzene rings is 4. The second-order valence-electron chi connectivity index (χ2n) is 8.09. The van der Waals surface area contributed by atoms with E-state index in [4.69, 9.17) is 4.74 Å². The first-order valence-electron chi connectivity index (χ1n) is 11.4. The highest BCUT2D eigenvalue weighted by molar-refractivity contribution is 5.63. The lowest BCUT2D eigenvalue weighted by Gasteiger charge is -2.12. The van der Waals surface area contributed by atoms with Crippen LogP contribution in [-0.2, 0) is 0 Å². The minimum atomic E-state index is 0.734. The average molecular weight is 455 g/mol. The van der Waals surface area contributed by atoms with E-state index in [1.807, 2.05) is 119 Å². The van der Waals surface area contributed by atoms with Gasteiger partial charge >= 0.3 is 0 Å². The van der Waals surface area contributed by atoms with Crippen molar-refractivity contribution in [2.75, 3.05) is 0 Å². The molecule has 0 amide bonds. The lowest BCUT2D eigenvalue weighted by molar-refractivity contribution is 0.482. The topological polar surface area (TPSA) is 44.9 Å². The number of aromatic nitrogens is 4. The second kappa shape index (κ2) is 9.15. The smallest absolute Gasteiger partial charge is 0.129 e. The summed E-state index contributed by atoms with van der Waals surface area (Å²) in [4.78, 5) is 0. The highest BCUT2D eigenvalue weighted by atomic mass is 16.5. The molecule has 0 aliphatic rings. The van der Waals surface area contributed by atoms with Crippen LogP contribution in [0.4, 0.5) is 0 Å². The summed E-state index contributed by atoms with van der Waals surface area (Å²) in [6.07, 6.45) is 3.63. The van der Waals surface area contributed by atoms with E-state index < -0.39 is 0 Å². The molecular formula is C30H22N4O. The number of nitrogens with zero attached hydrogens (tertiary/aromatic N) is 4. The van der Waals surface area contributed by atoms with Crippen LogP contribution in [0.15, 0.2) is 134 Å². The molecule has 0 radical (unpaired) electrons. The Morgan fingerprint density at radius 3 is 1.37 bits per heavy atom. The molecule has 4 aromatic carbocycles. The van der Waals surface area contributed by atoms with Crippen molar-refractivity contribution < 1.29 is 4.74 Å². The van der Waals surface area contributed by atoms with Gasteiger partial charge in [-0.25, -0.2) is 9.36 Å². The van der Waals surface area contributed by atoms with Gasteiger partial charge in [0.15, 0.2) is 0 Å². The maximum atomic E-state index is 6.26. The number of ether oxygens (including phenoxy) is 1. The molecule has 2 aromatic heterocycles. The normalized spacial score (nSPS) is 10.9. The van der Waals surface area contributed by atoms with Crippen molar-refractivity contribution in [3.8, 4) is 45.4 Å². The van der Waals surface area contributed by atoms with Crippen LogP contribution in [0.5, 0.6) is 11.5 Å². The van der Waals surface area contributed by atoms with Crippen molar-refractivity contribution in [2.45, 2.75) is 0 Å². The van der Waals surface area contributed by atoms with Crippen molar-refractivity contribution in [1.82, 2.24) is 19.6 Å². The molecule has 0 aliphatic carbocycles. The third-order valence-corrected chi connectivity index (χ3v) is 5.78. The molecule has 6 aromatic rings. The van der Waals surface area contributed by atoms with E-state index in [0.29, 0.717) is 0 Å². The fourth-order valence-corrected chi connectivity index (χ4v) is 4.17. The van der Waals surface area contributed by atoms with Gasteiger partial charge in [0, 0.05) is 23.3 Å². The zero-order valence-corrected chi connectivity index (χ0v) is 18.9. The second-order valence-corrected chi connectivity index (χ2v) is 8.09. The minimum absolute atomic E-state index is 0.734. The van der Waals surface area contributed by atoms with Gasteiger partial charge in [-0.15, -0.1) is 0 Å². The predicted octanol–water partition coefficient (Wildman–Crippen LogP) is 7.18. The van der Waals surface area contributed by atoms with Crippen LogP contribution in [0.1, 0.15) is 0 Å². The Morgan fingerprint density at radius 2 is 0.914 bits per heavy atom. The van der Waals surface area contributed by atoms with Gasteiger partial charge in [-0.3, -0.25) is 0 Å². The molecule has 35 heavy (non-hydrogen) atoms. The maximum absolute atomic E-state index is 6.26. The Bertz CT molecular complexity index is 1450. The molecule has 5 heteroatoms. The van der Waals surface area contributed by atoms with Gasteiger partial charge in [0.05, 0.1) is 35.2 Å². The van der Waals surface area contributed by atoms with Crippen LogP contribution in [0.3, 0.4) is 0 Å². The molecule has 0 N–H and O–H groups in total. The molecular weight excluding hydrogens is 432 g/mol. The fraction of sp³-hybridized carbons (Fsp3) is 0. The molecule has 0 spiro atoms. The van der Waals surface area contributed by atoms with Gasteiger partial charge in [0.1, 0.15) is 11.5 Å². The Labute approximate surface area is 203 Å². The van der Waals surface area contributed by atoms with E-state index in [1.165, 1.54) is 0 Å². The fourth-order valence-electron chi connectivity index (χ4n) is 4.17. The molecule has 2 heterocycles. The molecule has 5 nitrogen and oxygen atoms in total. The Morgan fingerprint density at radius 1 is 0.457 bits per heavy atom. The highest BCUT2D eigenvalue weighted by Gasteiger charge is 2.10. The number of hydrogen-bond donors (Lipinski definition) is 0. The van der Waals surface area contributed by atoms with Crippen molar-refractivity contribution in [1.29, 1.82) is 0 Å². The zero-order chi connectivity index (χ0) is 23.5. The van der Waals surface area contributed by atoms with E-state index in [0.717, 1.165) is 45.4 Å². The van der Waals surface area contributed by atoms with Gasteiger partial charge in [0.2, 0.25) is 0 Å². The SMILES string of the molecule is c1ccc(-c2ccnn2-c2cccc(Oc3cccc(-n4nccc4-c4ccccc4)c3)c2)cc1. The van der Waals surface area contributed by atoms with Gasteiger partial charge in [0.25, 0.3) is 0 Å². The van der Waals surface area contributed by atoms with Crippen LogP contribution in [0, 0.1) is 0 Å². The van der Waals surface area contributed by atoms with E-state index in [2.05, 4.69) is 34.5 Å². The quantitative estimate of drug-likeness (QED) is 0.268. The highest BCUT2D eigenvalue weighted by Crippen LogP contribution is 2.29. The molecule has 0 saturated heterocycles. The van der Waals surface area contributed by atoms with Gasteiger partial charge in [-0.1, -0.05) is 72.8 Å². The summed E-state index contributed by atoms with van der Waals surface area (Å²) in [6.45, 7) is 0. The molecule has 0 saturated carbocycles. The Hall–Kier alpha value is -4.90. The van der Waals surface area contributed by atoms with E-state index >= 15 is 0 Å². The standard InChI is InChI=1S/C30H22N4O/c1-3-9-23(10-4-1)29-17-19-31-33(29)25-13-7-15-27(21-25)35-28-16-8-14-26(22-28)34-30(18-20-32-34)24-11-5-2-6-12-24/h1-22H. The minimum Gasteiger partial charge on any atom is -0.457 e. The van der Waals surface area contributed by atoms with E-state index in [9.17, 15) is 0 Å². The predicted molar refractivity (Wildman–Crippen MR) is 138 cm³/mol. The monoisotopic (exact) mass is 454 g/mol. The molecule has 0 fully saturated rings. The lowest BCUT2D eigenvalue weighted by atomic mass is 10.1. The third kappa shape index (κ3) is 4.23. The van der Waals surface area contributed by atoms with Crippen LogP contribution in [-0.4, -0.2) is 19.6 Å². The third-order valence-electron chi connectivity index (χ3n) is 5.78. The first-order chi connectivity index (χ1) is 17.3. The molecule has 0 aliphatic heterocycles. The molecule has 0 unspecified atom stereocenters. The van der Waals surface area contributed by atoms with Crippen LogP contribution < -0.4 is 4.74 Å². The van der Waals surface area contributed by atoms with Gasteiger partial charge in [-0.2, -0.15) is 10.2 Å². The Kier molecular flexibility index (Phi) is 5.41. The molecule has 6 rings (SSSR count). The first kappa shape index (κ1) is 20.7. The van der Waals surface area contributed by atoms with E-state index in [-0.39, 0.29) is 0 Å². The summed E-state index contributed by atoms with van der Waals surface area (Å²) in [7, 11) is 0. The average Bonchev–Trinajstić information content (AvgIpc) is 3.61. The van der Waals surface area contributed by atoms with E-state index in [1.54, 1.807) is 0 Å². The lowest BCUT2D eigenvalue weighted by Crippen LogP contribution is -2.00. The molecule has 168 valence electrons. The van der Waals surface area contributed by atoms with Gasteiger partial charge < -0.3 is 4.74 Å². The summed E-state index contributed by atoms with van der Waals surface area (Å²) in [5.41, 5.74) is 6.13. The van der Waals surface area contributed by atoms with Crippen molar-refractivity contribution >= 4 is 0 Å². The first-order valence-corrected chi connectivity index (χ1v) is 11.4. The Balaban J connectivity index is 1.29. The maximum Gasteiger partial charge on any atom is 0.129 e. The van der Waals surface area contributed by atoms with Gasteiger partial charge in [-0.05, 0) is 36.4 Å². The zero-order valence-electron chi connectivity index (χ0n) is 18.9. The summed E-state index contributed by atoms with van der Waals surface area (Å²) >= 11 is 0. The van der Waals surface area contributed by atoms with Crippen molar-refractivity contribution in [2.24, 2.45) is 0 Å². The number of hydrogen-bond acceptors (Lipinski definition) is 3. The van der Waals surface area contributed by atoms with Crippen molar-refractivity contribution in [3.05, 3.63) is 134 Å². The summed E-state index contributed by atoms with van der Waals surface area (Å²) in [5.74, 6) is 1.47.